The molecule has 0 heterocycles. The van der Waals surface area contributed by atoms with Crippen LogP contribution in [0.15, 0.2) is 64.0 Å². The van der Waals surface area contributed by atoms with Crippen LogP contribution in [0.4, 0.5) is 0 Å². The molecule has 0 saturated heterocycles. The Labute approximate surface area is 150 Å². The zero-order valence-corrected chi connectivity index (χ0v) is 15.7. The topological polar surface area (TPSA) is 66.5 Å². The molecule has 0 spiro atoms. The lowest BCUT2D eigenvalue weighted by atomic mass is 10.2. The fourth-order valence-corrected chi connectivity index (χ4v) is 3.84. The van der Waals surface area contributed by atoms with Gasteiger partial charge in [0.15, 0.2) is 0 Å². The van der Waals surface area contributed by atoms with Crippen molar-refractivity contribution in [2.45, 2.75) is 18.4 Å². The second-order valence-electron chi connectivity index (χ2n) is 5.17. The summed E-state index contributed by atoms with van der Waals surface area (Å²) >= 11 is 3.35. The Balaban J connectivity index is 2.31. The summed E-state index contributed by atoms with van der Waals surface area (Å²) in [5.41, 5.74) is 0.807. The van der Waals surface area contributed by atoms with Crippen LogP contribution in [0.25, 0.3) is 0 Å². The quantitative estimate of drug-likeness (QED) is 0.762. The number of sulfonamides is 1. The van der Waals surface area contributed by atoms with E-state index in [2.05, 4.69) is 21.2 Å². The minimum absolute atomic E-state index is 0.127. The van der Waals surface area contributed by atoms with E-state index in [0.29, 0.717) is 6.54 Å². The molecule has 0 aromatic heterocycles. The zero-order chi connectivity index (χ0) is 17.6. The van der Waals surface area contributed by atoms with E-state index < -0.39 is 10.0 Å². The fraction of sp³-hybridized carbons (Fsp3) is 0.235. The Morgan fingerprint density at radius 2 is 1.71 bits per heavy atom. The van der Waals surface area contributed by atoms with Gasteiger partial charge >= 0.3 is 0 Å². The molecule has 1 amide bonds. The lowest BCUT2D eigenvalue weighted by molar-refractivity contribution is -0.121. The summed E-state index contributed by atoms with van der Waals surface area (Å²) in [4.78, 5) is 12.1. The van der Waals surface area contributed by atoms with Gasteiger partial charge in [-0.2, -0.15) is 4.31 Å². The Morgan fingerprint density at radius 1 is 1.08 bits per heavy atom. The number of carbonyl (C=O) groups excluding carboxylic acids is 1. The molecule has 1 N–H and O–H groups in total. The van der Waals surface area contributed by atoms with Crippen molar-refractivity contribution in [3.8, 4) is 0 Å². The van der Waals surface area contributed by atoms with Crippen molar-refractivity contribution in [3.63, 3.8) is 0 Å². The van der Waals surface area contributed by atoms with E-state index in [4.69, 9.17) is 0 Å². The Kier molecular flexibility index (Phi) is 6.53. The van der Waals surface area contributed by atoms with Gasteiger partial charge in [-0.1, -0.05) is 46.3 Å². The van der Waals surface area contributed by atoms with Gasteiger partial charge < -0.3 is 5.32 Å². The van der Waals surface area contributed by atoms with Gasteiger partial charge in [0.05, 0.1) is 11.4 Å². The van der Waals surface area contributed by atoms with Crippen LogP contribution in [0, 0.1) is 0 Å². The maximum atomic E-state index is 12.9. The van der Waals surface area contributed by atoms with E-state index in [-0.39, 0.29) is 23.9 Å². The Hall–Kier alpha value is -1.70. The summed E-state index contributed by atoms with van der Waals surface area (Å²) in [6.07, 6.45) is 0. The third kappa shape index (κ3) is 4.90. The molecule has 0 saturated carbocycles. The third-order valence-electron chi connectivity index (χ3n) is 3.35. The first-order valence-corrected chi connectivity index (χ1v) is 9.73. The van der Waals surface area contributed by atoms with E-state index in [1.807, 2.05) is 24.3 Å². The molecule has 24 heavy (non-hydrogen) atoms. The Morgan fingerprint density at radius 3 is 2.29 bits per heavy atom. The third-order valence-corrected chi connectivity index (χ3v) is 5.68. The highest BCUT2D eigenvalue weighted by Crippen LogP contribution is 2.19. The summed E-state index contributed by atoms with van der Waals surface area (Å²) < 4.78 is 27.9. The standard InChI is InChI=1S/C17H19BrN2O3S/c1-2-19-17(21)13-20(12-14-8-10-15(18)11-9-14)24(22,23)16-6-4-3-5-7-16/h3-11H,2,12-13H2,1H3,(H,19,21). The summed E-state index contributed by atoms with van der Waals surface area (Å²) in [5.74, 6) is -0.325. The molecular weight excluding hydrogens is 392 g/mol. The molecule has 0 atom stereocenters. The number of carbonyl (C=O) groups is 1. The van der Waals surface area contributed by atoms with Crippen LogP contribution in [0.5, 0.6) is 0 Å². The number of likely N-dealkylation sites (N-methyl/N-ethyl adjacent to an activating group) is 1. The largest absolute Gasteiger partial charge is 0.355 e. The molecule has 128 valence electrons. The van der Waals surface area contributed by atoms with Crippen molar-refractivity contribution in [3.05, 3.63) is 64.6 Å². The lowest BCUT2D eigenvalue weighted by Crippen LogP contribution is -2.40. The second kappa shape index (κ2) is 8.41. The minimum Gasteiger partial charge on any atom is -0.355 e. The van der Waals surface area contributed by atoms with Crippen LogP contribution in [0.1, 0.15) is 12.5 Å². The number of benzene rings is 2. The monoisotopic (exact) mass is 410 g/mol. The lowest BCUT2D eigenvalue weighted by Gasteiger charge is -2.22. The molecule has 2 aromatic rings. The molecular formula is C17H19BrN2O3S. The summed E-state index contributed by atoms with van der Waals surface area (Å²) in [5, 5.41) is 2.64. The maximum Gasteiger partial charge on any atom is 0.243 e. The predicted molar refractivity (Wildman–Crippen MR) is 96.9 cm³/mol. The van der Waals surface area contributed by atoms with Gasteiger partial charge in [-0.25, -0.2) is 8.42 Å². The summed E-state index contributed by atoms with van der Waals surface area (Å²) in [6.45, 7) is 2.15. The number of hydrogen-bond donors (Lipinski definition) is 1. The summed E-state index contributed by atoms with van der Waals surface area (Å²) in [7, 11) is -3.76. The first kappa shape index (κ1) is 18.6. The first-order chi connectivity index (χ1) is 11.4. The maximum absolute atomic E-state index is 12.9. The first-order valence-electron chi connectivity index (χ1n) is 7.50. The van der Waals surface area contributed by atoms with Gasteiger partial charge in [-0.05, 0) is 36.8 Å². The highest BCUT2D eigenvalue weighted by Gasteiger charge is 2.26. The molecule has 0 radical (unpaired) electrons. The van der Waals surface area contributed by atoms with Crippen molar-refractivity contribution in [2.24, 2.45) is 0 Å². The fourth-order valence-electron chi connectivity index (χ4n) is 2.17. The number of amides is 1. The van der Waals surface area contributed by atoms with E-state index in [0.717, 1.165) is 10.0 Å². The average molecular weight is 411 g/mol. The van der Waals surface area contributed by atoms with Crippen molar-refractivity contribution in [1.29, 1.82) is 0 Å². The SMILES string of the molecule is CCNC(=O)CN(Cc1ccc(Br)cc1)S(=O)(=O)c1ccccc1. The zero-order valence-electron chi connectivity index (χ0n) is 13.3. The van der Waals surface area contributed by atoms with Crippen LogP contribution < -0.4 is 5.32 Å². The minimum atomic E-state index is -3.76. The van der Waals surface area contributed by atoms with Gasteiger partial charge in [0.2, 0.25) is 15.9 Å². The highest BCUT2D eigenvalue weighted by atomic mass is 79.9. The van der Waals surface area contributed by atoms with Gasteiger partial charge in [-0.15, -0.1) is 0 Å². The van der Waals surface area contributed by atoms with Gasteiger partial charge in [0, 0.05) is 17.6 Å². The van der Waals surface area contributed by atoms with Crippen LogP contribution in [0.2, 0.25) is 0 Å². The van der Waals surface area contributed by atoms with Crippen LogP contribution in [-0.2, 0) is 21.4 Å². The molecule has 7 heteroatoms. The van der Waals surface area contributed by atoms with Crippen molar-refractivity contribution in [2.75, 3.05) is 13.1 Å². The molecule has 2 rings (SSSR count). The molecule has 5 nitrogen and oxygen atoms in total. The molecule has 0 aliphatic rings. The normalized spacial score (nSPS) is 11.5. The molecule has 0 aliphatic heterocycles. The highest BCUT2D eigenvalue weighted by molar-refractivity contribution is 9.10. The van der Waals surface area contributed by atoms with Crippen LogP contribution in [0.3, 0.4) is 0 Å². The van der Waals surface area contributed by atoms with Crippen LogP contribution in [-0.4, -0.2) is 31.7 Å². The molecule has 0 aliphatic carbocycles. The summed E-state index contributed by atoms with van der Waals surface area (Å²) in [6, 6.07) is 15.5. The number of nitrogens with one attached hydrogen (secondary N) is 1. The number of halogens is 1. The van der Waals surface area contributed by atoms with E-state index in [1.165, 1.54) is 16.4 Å². The van der Waals surface area contributed by atoms with Crippen molar-refractivity contribution >= 4 is 31.9 Å². The number of rotatable bonds is 7. The van der Waals surface area contributed by atoms with Crippen molar-refractivity contribution in [1.82, 2.24) is 9.62 Å². The van der Waals surface area contributed by atoms with Gasteiger partial charge in [0.1, 0.15) is 0 Å². The van der Waals surface area contributed by atoms with Gasteiger partial charge in [-0.3, -0.25) is 4.79 Å². The average Bonchev–Trinajstić information content (AvgIpc) is 2.57. The number of nitrogens with zero attached hydrogens (tertiary/aromatic N) is 1. The van der Waals surface area contributed by atoms with E-state index >= 15 is 0 Å². The number of hydrogen-bond acceptors (Lipinski definition) is 3. The molecule has 2 aromatic carbocycles. The molecule has 0 unspecified atom stereocenters. The van der Waals surface area contributed by atoms with Gasteiger partial charge in [0.25, 0.3) is 0 Å². The van der Waals surface area contributed by atoms with Crippen molar-refractivity contribution < 1.29 is 13.2 Å². The van der Waals surface area contributed by atoms with Crippen LogP contribution >= 0.6 is 15.9 Å². The predicted octanol–water partition coefficient (Wildman–Crippen LogP) is 2.78. The van der Waals surface area contributed by atoms with E-state index in [1.54, 1.807) is 25.1 Å². The second-order valence-corrected chi connectivity index (χ2v) is 8.02. The smallest absolute Gasteiger partial charge is 0.243 e. The van der Waals surface area contributed by atoms with E-state index in [9.17, 15) is 13.2 Å². The Bertz CT molecular complexity index is 777. The molecule has 0 fully saturated rings. The molecule has 0 bridgehead atoms.